The zero-order valence-corrected chi connectivity index (χ0v) is 14.2. The van der Waals surface area contributed by atoms with Crippen molar-refractivity contribution in [2.45, 2.75) is 19.9 Å². The van der Waals surface area contributed by atoms with Crippen molar-refractivity contribution < 1.29 is 14.0 Å². The molecule has 1 aliphatic heterocycles. The number of aromatic nitrogens is 5. The number of fused-ring (bicyclic) bond motifs is 2. The Morgan fingerprint density at radius 2 is 2.04 bits per heavy atom. The minimum Gasteiger partial charge on any atom is -0.454 e. The van der Waals surface area contributed by atoms with E-state index in [0.717, 1.165) is 22.2 Å². The molecule has 0 saturated heterocycles. The van der Waals surface area contributed by atoms with E-state index in [1.807, 2.05) is 41.1 Å². The van der Waals surface area contributed by atoms with Crippen LogP contribution in [0.1, 0.15) is 19.9 Å². The van der Waals surface area contributed by atoms with Crippen LogP contribution in [0.15, 0.2) is 40.9 Å². The Balaban J connectivity index is 1.55. The number of hydrogen-bond acceptors (Lipinski definition) is 7. The van der Waals surface area contributed by atoms with Crippen LogP contribution in [0.2, 0.25) is 0 Å². The van der Waals surface area contributed by atoms with E-state index in [1.54, 1.807) is 0 Å². The molecule has 0 N–H and O–H groups in total. The molecule has 4 aromatic rings. The fourth-order valence-corrected chi connectivity index (χ4v) is 3.01. The van der Waals surface area contributed by atoms with Gasteiger partial charge in [-0.3, -0.25) is 0 Å². The first-order chi connectivity index (χ1) is 12.7. The van der Waals surface area contributed by atoms with Gasteiger partial charge in [-0.25, -0.2) is 4.68 Å². The second kappa shape index (κ2) is 5.55. The number of para-hydroxylation sites is 1. The summed E-state index contributed by atoms with van der Waals surface area (Å²) in [5.41, 5.74) is 3.28. The van der Waals surface area contributed by atoms with Gasteiger partial charge in [-0.1, -0.05) is 16.4 Å². The predicted octanol–water partition coefficient (Wildman–Crippen LogP) is 3.46. The molecule has 8 nitrogen and oxygen atoms in total. The standard InChI is InChI=1S/C18H15N5O3/c1-10(2)23-14-7-6-11(8-13(14)20-22-23)18-19-17(21-26-18)12-4-3-5-15-16(12)25-9-24-15/h3-8,10H,9H2,1-2H3. The van der Waals surface area contributed by atoms with Gasteiger partial charge in [0, 0.05) is 11.6 Å². The van der Waals surface area contributed by atoms with Crippen molar-refractivity contribution in [1.82, 2.24) is 25.1 Å². The average Bonchev–Trinajstić information content (AvgIpc) is 3.38. The molecule has 0 fully saturated rings. The van der Waals surface area contributed by atoms with Crippen molar-refractivity contribution in [2.75, 3.05) is 6.79 Å². The van der Waals surface area contributed by atoms with E-state index >= 15 is 0 Å². The third kappa shape index (κ3) is 2.22. The summed E-state index contributed by atoms with van der Waals surface area (Å²) in [4.78, 5) is 4.51. The fourth-order valence-electron chi connectivity index (χ4n) is 3.01. The summed E-state index contributed by atoms with van der Waals surface area (Å²) in [6.45, 7) is 4.33. The lowest BCUT2D eigenvalue weighted by Crippen LogP contribution is -2.02. The second-order valence-corrected chi connectivity index (χ2v) is 6.29. The molecule has 26 heavy (non-hydrogen) atoms. The van der Waals surface area contributed by atoms with E-state index in [1.165, 1.54) is 0 Å². The van der Waals surface area contributed by atoms with Crippen LogP contribution in [0, 0.1) is 0 Å². The van der Waals surface area contributed by atoms with Gasteiger partial charge in [0.1, 0.15) is 5.52 Å². The SMILES string of the molecule is CC(C)n1nnc2cc(-c3nc(-c4cccc5c4OCO5)no3)ccc21. The van der Waals surface area contributed by atoms with Gasteiger partial charge >= 0.3 is 0 Å². The molecule has 0 aliphatic carbocycles. The molecule has 130 valence electrons. The molecule has 0 radical (unpaired) electrons. The number of ether oxygens (including phenoxy) is 2. The molecular weight excluding hydrogens is 334 g/mol. The quantitative estimate of drug-likeness (QED) is 0.559. The zero-order valence-electron chi connectivity index (χ0n) is 14.2. The van der Waals surface area contributed by atoms with Crippen molar-refractivity contribution in [3.05, 3.63) is 36.4 Å². The molecule has 3 heterocycles. The topological polar surface area (TPSA) is 88.1 Å². The summed E-state index contributed by atoms with van der Waals surface area (Å²) in [5.74, 6) is 2.18. The molecule has 2 aromatic carbocycles. The Morgan fingerprint density at radius 3 is 2.92 bits per heavy atom. The summed E-state index contributed by atoms with van der Waals surface area (Å²) in [7, 11) is 0. The Kier molecular flexibility index (Phi) is 3.18. The molecule has 0 saturated carbocycles. The van der Waals surface area contributed by atoms with Crippen LogP contribution >= 0.6 is 0 Å². The fraction of sp³-hybridized carbons (Fsp3) is 0.222. The Bertz CT molecular complexity index is 1120. The Morgan fingerprint density at radius 1 is 1.12 bits per heavy atom. The minimum absolute atomic E-state index is 0.194. The number of rotatable bonds is 3. The molecule has 0 spiro atoms. The summed E-state index contributed by atoms with van der Waals surface area (Å²) in [5, 5.41) is 12.5. The molecule has 2 aromatic heterocycles. The van der Waals surface area contributed by atoms with Crippen LogP contribution < -0.4 is 9.47 Å². The van der Waals surface area contributed by atoms with E-state index in [4.69, 9.17) is 14.0 Å². The van der Waals surface area contributed by atoms with Crippen molar-refractivity contribution in [1.29, 1.82) is 0 Å². The molecule has 5 rings (SSSR count). The van der Waals surface area contributed by atoms with Crippen molar-refractivity contribution in [2.24, 2.45) is 0 Å². The third-order valence-corrected chi connectivity index (χ3v) is 4.27. The maximum Gasteiger partial charge on any atom is 0.258 e. The van der Waals surface area contributed by atoms with E-state index in [2.05, 4.69) is 34.3 Å². The minimum atomic E-state index is 0.194. The van der Waals surface area contributed by atoms with Gasteiger partial charge in [0.15, 0.2) is 11.5 Å². The predicted molar refractivity (Wildman–Crippen MR) is 92.8 cm³/mol. The molecule has 0 unspecified atom stereocenters. The van der Waals surface area contributed by atoms with E-state index in [-0.39, 0.29) is 12.8 Å². The van der Waals surface area contributed by atoms with Gasteiger partial charge < -0.3 is 14.0 Å². The van der Waals surface area contributed by atoms with Crippen molar-refractivity contribution in [3.8, 4) is 34.3 Å². The first-order valence-corrected chi connectivity index (χ1v) is 8.29. The van der Waals surface area contributed by atoms with Crippen LogP contribution in [0.4, 0.5) is 0 Å². The largest absolute Gasteiger partial charge is 0.454 e. The Labute approximate surface area is 148 Å². The number of hydrogen-bond donors (Lipinski definition) is 0. The van der Waals surface area contributed by atoms with Crippen LogP contribution in [-0.2, 0) is 0 Å². The molecule has 8 heteroatoms. The van der Waals surface area contributed by atoms with Gasteiger partial charge in [0.2, 0.25) is 12.6 Å². The molecule has 0 amide bonds. The van der Waals surface area contributed by atoms with Crippen LogP contribution in [-0.4, -0.2) is 31.9 Å². The van der Waals surface area contributed by atoms with Gasteiger partial charge in [0.25, 0.3) is 5.89 Å². The smallest absolute Gasteiger partial charge is 0.258 e. The summed E-state index contributed by atoms with van der Waals surface area (Å²) in [6, 6.07) is 11.6. The number of nitrogens with zero attached hydrogens (tertiary/aromatic N) is 5. The number of benzene rings is 2. The first kappa shape index (κ1) is 14.9. The second-order valence-electron chi connectivity index (χ2n) is 6.29. The lowest BCUT2D eigenvalue weighted by molar-refractivity contribution is 0.174. The van der Waals surface area contributed by atoms with Crippen molar-refractivity contribution >= 4 is 11.0 Å². The van der Waals surface area contributed by atoms with Crippen molar-refractivity contribution in [3.63, 3.8) is 0 Å². The van der Waals surface area contributed by atoms with Gasteiger partial charge in [-0.05, 0) is 44.2 Å². The zero-order chi connectivity index (χ0) is 17.7. The lowest BCUT2D eigenvalue weighted by Gasteiger charge is -2.04. The van der Waals surface area contributed by atoms with Crippen LogP contribution in [0.5, 0.6) is 11.5 Å². The summed E-state index contributed by atoms with van der Waals surface area (Å²) < 4.78 is 18.2. The first-order valence-electron chi connectivity index (χ1n) is 8.29. The molecule has 0 atom stereocenters. The summed E-state index contributed by atoms with van der Waals surface area (Å²) >= 11 is 0. The van der Waals surface area contributed by atoms with Gasteiger partial charge in [-0.15, -0.1) is 5.10 Å². The Hall–Kier alpha value is -3.42. The van der Waals surface area contributed by atoms with Crippen LogP contribution in [0.25, 0.3) is 33.9 Å². The molecule has 0 bridgehead atoms. The van der Waals surface area contributed by atoms with E-state index in [9.17, 15) is 0 Å². The van der Waals surface area contributed by atoms with Gasteiger partial charge in [0.05, 0.1) is 11.1 Å². The third-order valence-electron chi connectivity index (χ3n) is 4.27. The highest BCUT2D eigenvalue weighted by molar-refractivity contribution is 5.80. The highest BCUT2D eigenvalue weighted by Crippen LogP contribution is 2.40. The van der Waals surface area contributed by atoms with Gasteiger partial charge in [-0.2, -0.15) is 4.98 Å². The maximum atomic E-state index is 5.52. The maximum absolute atomic E-state index is 5.52. The average molecular weight is 349 g/mol. The summed E-state index contributed by atoms with van der Waals surface area (Å²) in [6.07, 6.45) is 0. The monoisotopic (exact) mass is 349 g/mol. The highest BCUT2D eigenvalue weighted by Gasteiger charge is 2.22. The van der Waals surface area contributed by atoms with E-state index < -0.39 is 0 Å². The molecule has 1 aliphatic rings. The molecular formula is C18H15N5O3. The lowest BCUT2D eigenvalue weighted by atomic mass is 10.1. The van der Waals surface area contributed by atoms with Crippen LogP contribution in [0.3, 0.4) is 0 Å². The van der Waals surface area contributed by atoms with E-state index in [0.29, 0.717) is 23.2 Å². The normalized spacial score (nSPS) is 13.0. The highest BCUT2D eigenvalue weighted by atomic mass is 16.7.